The highest BCUT2D eigenvalue weighted by molar-refractivity contribution is 5.39. The lowest BCUT2D eigenvalue weighted by Crippen LogP contribution is -3.10. The highest BCUT2D eigenvalue weighted by Gasteiger charge is 2.29. The fraction of sp³-hybridized carbons (Fsp3) is 0.368. The number of aryl methyl sites for hydroxylation is 1. The van der Waals surface area contributed by atoms with E-state index in [2.05, 4.69) is 32.3 Å². The van der Waals surface area contributed by atoms with Gasteiger partial charge in [-0.2, -0.15) is 0 Å². The van der Waals surface area contributed by atoms with Crippen LogP contribution in [0.25, 0.3) is 0 Å². The van der Waals surface area contributed by atoms with Gasteiger partial charge in [0.25, 0.3) is 5.69 Å². The van der Waals surface area contributed by atoms with Crippen molar-refractivity contribution in [2.75, 3.05) is 14.1 Å². The molecule has 0 amide bonds. The van der Waals surface area contributed by atoms with E-state index in [4.69, 9.17) is 4.74 Å². The third-order valence-corrected chi connectivity index (χ3v) is 4.79. The predicted octanol–water partition coefficient (Wildman–Crippen LogP) is 2.56. The maximum atomic E-state index is 11.0. The largest absolute Gasteiger partial charge is 0.485 e. The molecule has 2 unspecified atom stereocenters. The summed E-state index contributed by atoms with van der Waals surface area (Å²) in [7, 11) is 4.34. The molecule has 1 aliphatic carbocycles. The van der Waals surface area contributed by atoms with Crippen LogP contribution < -0.4 is 9.64 Å². The molecule has 126 valence electrons. The van der Waals surface area contributed by atoms with Crippen LogP contribution in [0, 0.1) is 10.1 Å². The Morgan fingerprint density at radius 2 is 1.96 bits per heavy atom. The highest BCUT2D eigenvalue weighted by Crippen LogP contribution is 2.33. The molecule has 0 radical (unpaired) electrons. The lowest BCUT2D eigenvalue weighted by Gasteiger charge is -2.24. The monoisotopic (exact) mass is 327 g/mol. The minimum absolute atomic E-state index is 0.0594. The van der Waals surface area contributed by atoms with Gasteiger partial charge < -0.3 is 9.64 Å². The van der Waals surface area contributed by atoms with Gasteiger partial charge in [0.15, 0.2) is 0 Å². The van der Waals surface area contributed by atoms with Crippen LogP contribution in [0.5, 0.6) is 5.75 Å². The minimum Gasteiger partial charge on any atom is -0.485 e. The molecule has 0 aromatic heterocycles. The molecule has 1 N–H and O–H groups in total. The second-order valence-electron chi connectivity index (χ2n) is 6.61. The topological polar surface area (TPSA) is 56.8 Å². The molecule has 3 rings (SSSR count). The number of quaternary nitrogens is 1. The average molecular weight is 327 g/mol. The van der Waals surface area contributed by atoms with Crippen LogP contribution in [0.15, 0.2) is 48.5 Å². The summed E-state index contributed by atoms with van der Waals surface area (Å²) < 4.78 is 6.22. The van der Waals surface area contributed by atoms with Gasteiger partial charge >= 0.3 is 0 Å². The van der Waals surface area contributed by atoms with Crippen LogP contribution >= 0.6 is 0 Å². The molecule has 0 saturated carbocycles. The molecule has 0 fully saturated rings. The van der Waals surface area contributed by atoms with E-state index in [-0.39, 0.29) is 16.7 Å². The van der Waals surface area contributed by atoms with E-state index in [1.54, 1.807) is 12.1 Å². The summed E-state index contributed by atoms with van der Waals surface area (Å²) >= 11 is 0. The molecule has 0 saturated heterocycles. The fourth-order valence-electron chi connectivity index (χ4n) is 3.38. The van der Waals surface area contributed by atoms with E-state index in [1.807, 2.05) is 6.07 Å². The average Bonchev–Trinajstić information content (AvgIpc) is 2.75. The quantitative estimate of drug-likeness (QED) is 0.533. The lowest BCUT2D eigenvalue weighted by molar-refractivity contribution is -0.886. The van der Waals surface area contributed by atoms with Crippen LogP contribution in [0.3, 0.4) is 0 Å². The summed E-state index contributed by atoms with van der Waals surface area (Å²) in [4.78, 5) is 12.0. The van der Waals surface area contributed by atoms with Crippen LogP contribution in [0.2, 0.25) is 0 Å². The van der Waals surface area contributed by atoms with Crippen molar-refractivity contribution in [1.82, 2.24) is 0 Å². The maximum Gasteiger partial charge on any atom is 0.273 e. The van der Waals surface area contributed by atoms with Gasteiger partial charge in [-0.1, -0.05) is 30.3 Å². The van der Waals surface area contributed by atoms with Gasteiger partial charge in [-0.15, -0.1) is 0 Å². The number of nitrogens with one attached hydrogen (secondary N) is 1. The van der Waals surface area contributed by atoms with Crippen molar-refractivity contribution in [3.05, 3.63) is 69.8 Å². The smallest absolute Gasteiger partial charge is 0.273 e. The Labute approximate surface area is 142 Å². The Kier molecular flexibility index (Phi) is 4.81. The Hall–Kier alpha value is -2.40. The second-order valence-corrected chi connectivity index (χ2v) is 6.61. The summed E-state index contributed by atoms with van der Waals surface area (Å²) in [6.07, 6.45) is 2.99. The van der Waals surface area contributed by atoms with Gasteiger partial charge in [-0.25, -0.2) is 0 Å². The molecule has 2 aromatic carbocycles. The van der Waals surface area contributed by atoms with Crippen LogP contribution in [-0.2, 0) is 6.42 Å². The molecule has 5 heteroatoms. The standard InChI is InChI=1S/C19H22N2O3/c1-20(2)15-11-10-14-6-3-4-9-18(14)19(13-15)24-17-8-5-7-16(12-17)21(22)23/h3-9,12,15,19H,10-11,13H2,1-2H3/p+1. The van der Waals surface area contributed by atoms with Gasteiger partial charge in [0.05, 0.1) is 31.1 Å². The first-order valence-corrected chi connectivity index (χ1v) is 8.33. The van der Waals surface area contributed by atoms with E-state index >= 15 is 0 Å². The van der Waals surface area contributed by atoms with E-state index in [9.17, 15) is 10.1 Å². The third-order valence-electron chi connectivity index (χ3n) is 4.79. The van der Waals surface area contributed by atoms with Crippen molar-refractivity contribution >= 4 is 5.69 Å². The molecule has 0 spiro atoms. The zero-order valence-electron chi connectivity index (χ0n) is 14.1. The SMILES string of the molecule is C[NH+](C)C1CCc2ccccc2C(Oc2cccc([N+](=O)[O-])c2)C1. The normalized spacial score (nSPS) is 20.3. The van der Waals surface area contributed by atoms with E-state index in [0.29, 0.717) is 11.8 Å². The van der Waals surface area contributed by atoms with E-state index < -0.39 is 0 Å². The van der Waals surface area contributed by atoms with Crippen molar-refractivity contribution in [3.8, 4) is 5.75 Å². The molecule has 24 heavy (non-hydrogen) atoms. The van der Waals surface area contributed by atoms with Gasteiger partial charge in [0.2, 0.25) is 0 Å². The van der Waals surface area contributed by atoms with Crippen LogP contribution in [0.1, 0.15) is 30.1 Å². The van der Waals surface area contributed by atoms with Crippen LogP contribution in [0.4, 0.5) is 5.69 Å². The Bertz CT molecular complexity index is 730. The molecule has 0 bridgehead atoms. The Morgan fingerprint density at radius 1 is 1.17 bits per heavy atom. The number of hydrogen-bond donors (Lipinski definition) is 1. The molecule has 0 heterocycles. The first kappa shape index (κ1) is 16.5. The lowest BCUT2D eigenvalue weighted by atomic mass is 10.0. The number of nitro groups is 1. The summed E-state index contributed by atoms with van der Waals surface area (Å²) in [5, 5.41) is 11.0. The highest BCUT2D eigenvalue weighted by atomic mass is 16.6. The van der Waals surface area contributed by atoms with E-state index in [1.165, 1.54) is 28.2 Å². The van der Waals surface area contributed by atoms with Crippen LogP contribution in [-0.4, -0.2) is 25.1 Å². The number of nitro benzene ring substituents is 1. The number of fused-ring (bicyclic) bond motifs is 1. The first-order chi connectivity index (χ1) is 11.5. The number of rotatable bonds is 4. The molecule has 0 aliphatic heterocycles. The zero-order chi connectivity index (χ0) is 17.1. The molecule has 2 aromatic rings. The summed E-state index contributed by atoms with van der Waals surface area (Å²) in [5.41, 5.74) is 2.58. The van der Waals surface area contributed by atoms with E-state index in [0.717, 1.165) is 19.3 Å². The molecular weight excluding hydrogens is 304 g/mol. The zero-order valence-corrected chi connectivity index (χ0v) is 14.1. The summed E-state index contributed by atoms with van der Waals surface area (Å²) in [5.74, 6) is 0.554. The van der Waals surface area contributed by atoms with Crippen molar-refractivity contribution in [2.45, 2.75) is 31.4 Å². The maximum absolute atomic E-state index is 11.0. The Morgan fingerprint density at radius 3 is 2.71 bits per heavy atom. The third kappa shape index (κ3) is 3.57. The number of benzene rings is 2. The number of hydrogen-bond acceptors (Lipinski definition) is 3. The molecule has 5 nitrogen and oxygen atoms in total. The second kappa shape index (κ2) is 7.01. The van der Waals surface area contributed by atoms with Crippen molar-refractivity contribution in [3.63, 3.8) is 0 Å². The Balaban J connectivity index is 1.91. The predicted molar refractivity (Wildman–Crippen MR) is 92.4 cm³/mol. The van der Waals surface area contributed by atoms with Gasteiger partial charge in [-0.05, 0) is 23.6 Å². The number of non-ortho nitro benzene ring substituents is 1. The first-order valence-electron chi connectivity index (χ1n) is 8.33. The summed E-state index contributed by atoms with van der Waals surface area (Å²) in [6, 6.07) is 15.3. The number of nitrogens with zero attached hydrogens (tertiary/aromatic N) is 1. The van der Waals surface area contributed by atoms with Gasteiger partial charge in [0.1, 0.15) is 11.9 Å². The summed E-state index contributed by atoms with van der Waals surface area (Å²) in [6.45, 7) is 0. The van der Waals surface area contributed by atoms with Crippen molar-refractivity contribution in [2.24, 2.45) is 0 Å². The van der Waals surface area contributed by atoms with Gasteiger partial charge in [-0.3, -0.25) is 10.1 Å². The molecule has 2 atom stereocenters. The van der Waals surface area contributed by atoms with Gasteiger partial charge in [0, 0.05) is 18.9 Å². The fourth-order valence-corrected chi connectivity index (χ4v) is 3.38. The minimum atomic E-state index is -0.388. The van der Waals surface area contributed by atoms with Crippen molar-refractivity contribution < 1.29 is 14.6 Å². The molecular formula is C19H23N2O3+. The van der Waals surface area contributed by atoms with Crippen molar-refractivity contribution in [1.29, 1.82) is 0 Å². The number of ether oxygens (including phenoxy) is 1. The molecule has 1 aliphatic rings.